The Morgan fingerprint density at radius 2 is 1.60 bits per heavy atom. The van der Waals surface area contributed by atoms with Crippen molar-refractivity contribution in [1.29, 1.82) is 0 Å². The van der Waals surface area contributed by atoms with Crippen LogP contribution in [0, 0.1) is 16.0 Å². The molecule has 2 aromatic carbocycles. The van der Waals surface area contributed by atoms with Crippen LogP contribution in [0.4, 0.5) is 17.1 Å². The Labute approximate surface area is 201 Å². The van der Waals surface area contributed by atoms with Crippen LogP contribution in [-0.4, -0.2) is 41.9 Å². The molecule has 35 heavy (non-hydrogen) atoms. The Morgan fingerprint density at radius 1 is 0.914 bits per heavy atom. The molecule has 186 valence electrons. The maximum atomic E-state index is 12.1. The lowest BCUT2D eigenvalue weighted by atomic mass is 10.2. The predicted molar refractivity (Wildman–Crippen MR) is 127 cm³/mol. The summed E-state index contributed by atoms with van der Waals surface area (Å²) in [6, 6.07) is 11.6. The molecule has 0 heterocycles. The van der Waals surface area contributed by atoms with Crippen molar-refractivity contribution in [3.05, 3.63) is 64.2 Å². The van der Waals surface area contributed by atoms with E-state index < -0.39 is 29.4 Å². The summed E-state index contributed by atoms with van der Waals surface area (Å²) in [6.45, 7) is 3.64. The Kier molecular flexibility index (Phi) is 10.3. The number of amides is 2. The van der Waals surface area contributed by atoms with Gasteiger partial charge in [0.05, 0.1) is 17.1 Å². The molecule has 0 saturated heterocycles. The lowest BCUT2D eigenvalue weighted by molar-refractivity contribution is -0.384. The van der Waals surface area contributed by atoms with Crippen molar-refractivity contribution in [2.24, 2.45) is 5.92 Å². The zero-order valence-electron chi connectivity index (χ0n) is 19.4. The number of nitrogens with one attached hydrogen (secondary N) is 2. The summed E-state index contributed by atoms with van der Waals surface area (Å²) in [7, 11) is 0. The molecule has 11 nitrogen and oxygen atoms in total. The van der Waals surface area contributed by atoms with E-state index >= 15 is 0 Å². The summed E-state index contributed by atoms with van der Waals surface area (Å²) >= 11 is 0. The van der Waals surface area contributed by atoms with E-state index in [-0.39, 0.29) is 42.5 Å². The van der Waals surface area contributed by atoms with Gasteiger partial charge in [0.25, 0.3) is 11.6 Å². The van der Waals surface area contributed by atoms with Gasteiger partial charge in [-0.2, -0.15) is 0 Å². The molecule has 0 radical (unpaired) electrons. The number of anilines is 2. The Hall–Kier alpha value is -4.28. The highest BCUT2D eigenvalue weighted by molar-refractivity contribution is 5.94. The minimum atomic E-state index is -0.656. The van der Waals surface area contributed by atoms with Crippen LogP contribution < -0.4 is 10.6 Å². The van der Waals surface area contributed by atoms with E-state index in [1.54, 1.807) is 24.3 Å². The monoisotopic (exact) mass is 485 g/mol. The van der Waals surface area contributed by atoms with Crippen molar-refractivity contribution in [3.8, 4) is 0 Å². The molecule has 11 heteroatoms. The Bertz CT molecular complexity index is 1070. The lowest BCUT2D eigenvalue weighted by Gasteiger charge is -2.09. The third kappa shape index (κ3) is 10.0. The van der Waals surface area contributed by atoms with Gasteiger partial charge < -0.3 is 20.1 Å². The normalized spacial score (nSPS) is 10.4. The summed E-state index contributed by atoms with van der Waals surface area (Å²) in [6.07, 6.45) is 0.183. The fourth-order valence-corrected chi connectivity index (χ4v) is 2.74. The largest absolute Gasteiger partial charge is 0.462 e. The maximum absolute atomic E-state index is 12.1. The Morgan fingerprint density at radius 3 is 2.26 bits per heavy atom. The van der Waals surface area contributed by atoms with E-state index in [2.05, 4.69) is 10.6 Å². The van der Waals surface area contributed by atoms with E-state index in [1.165, 1.54) is 24.3 Å². The second kappa shape index (κ2) is 13.4. The fourth-order valence-electron chi connectivity index (χ4n) is 2.74. The number of hydrogen-bond donors (Lipinski definition) is 2. The van der Waals surface area contributed by atoms with Gasteiger partial charge in [-0.3, -0.25) is 24.5 Å². The highest BCUT2D eigenvalue weighted by Crippen LogP contribution is 2.17. The van der Waals surface area contributed by atoms with Crippen LogP contribution in [0.3, 0.4) is 0 Å². The summed E-state index contributed by atoms with van der Waals surface area (Å²) < 4.78 is 10.0. The van der Waals surface area contributed by atoms with Crippen LogP contribution in [0.5, 0.6) is 0 Å². The highest BCUT2D eigenvalue weighted by Gasteiger charge is 2.12. The van der Waals surface area contributed by atoms with Crippen LogP contribution in [0.1, 0.15) is 43.5 Å². The molecule has 2 aromatic rings. The number of esters is 2. The number of nitro benzene ring substituents is 1. The molecule has 0 bridgehead atoms. The van der Waals surface area contributed by atoms with Crippen molar-refractivity contribution >= 4 is 40.8 Å². The van der Waals surface area contributed by atoms with Gasteiger partial charge in [0.15, 0.2) is 6.61 Å². The molecule has 0 aromatic heterocycles. The molecule has 2 amide bonds. The summed E-state index contributed by atoms with van der Waals surface area (Å²) in [5.74, 6) is -1.83. The number of nitrogens with zero attached hydrogens (tertiary/aromatic N) is 1. The number of benzene rings is 2. The van der Waals surface area contributed by atoms with Crippen molar-refractivity contribution in [1.82, 2.24) is 0 Å². The molecule has 0 aliphatic carbocycles. The van der Waals surface area contributed by atoms with Crippen LogP contribution in [0.15, 0.2) is 48.5 Å². The average molecular weight is 485 g/mol. The molecule has 0 unspecified atom stereocenters. The van der Waals surface area contributed by atoms with Gasteiger partial charge in [-0.25, -0.2) is 4.79 Å². The van der Waals surface area contributed by atoms with Gasteiger partial charge in [0.1, 0.15) is 0 Å². The smallest absolute Gasteiger partial charge is 0.338 e. The van der Waals surface area contributed by atoms with Gasteiger partial charge in [-0.15, -0.1) is 0 Å². The molecule has 2 N–H and O–H groups in total. The topological polar surface area (TPSA) is 154 Å². The van der Waals surface area contributed by atoms with Gasteiger partial charge in [-0.1, -0.05) is 19.9 Å². The molecule has 0 aliphatic heterocycles. The minimum absolute atomic E-state index is 0.0488. The SMILES string of the molecule is CC(C)COC(=O)c1ccc(NC(=O)CCCC(=O)OCC(=O)Nc2cccc([N+](=O)[O-])c2)cc1. The Balaban J connectivity index is 1.66. The molecule has 0 aliphatic rings. The standard InChI is InChI=1S/C24H27N3O8/c1-16(2)14-35-24(31)17-9-11-18(12-10-17)25-21(28)7-4-8-23(30)34-15-22(29)26-19-5-3-6-20(13-19)27(32)33/h3,5-6,9-13,16H,4,7-8,14-15H2,1-2H3,(H,25,28)(H,26,29). The van der Waals surface area contributed by atoms with Crippen LogP contribution in [0.2, 0.25) is 0 Å². The molecular formula is C24H27N3O8. The molecule has 0 saturated carbocycles. The highest BCUT2D eigenvalue weighted by atomic mass is 16.6. The number of nitro groups is 1. The number of rotatable bonds is 12. The molecule has 0 fully saturated rings. The minimum Gasteiger partial charge on any atom is -0.462 e. The number of carbonyl (C=O) groups excluding carboxylic acids is 4. The first-order valence-electron chi connectivity index (χ1n) is 10.9. The lowest BCUT2D eigenvalue weighted by Crippen LogP contribution is -2.21. The summed E-state index contributed by atoms with van der Waals surface area (Å²) in [4.78, 5) is 57.8. The molecule has 2 rings (SSSR count). The molecular weight excluding hydrogens is 458 g/mol. The summed E-state index contributed by atoms with van der Waals surface area (Å²) in [5.41, 5.74) is 0.896. The third-order valence-corrected chi connectivity index (χ3v) is 4.44. The van der Waals surface area contributed by atoms with Gasteiger partial charge >= 0.3 is 11.9 Å². The number of non-ortho nitro benzene ring substituents is 1. The van der Waals surface area contributed by atoms with Crippen molar-refractivity contribution in [2.45, 2.75) is 33.1 Å². The van der Waals surface area contributed by atoms with Crippen molar-refractivity contribution < 1.29 is 33.6 Å². The van der Waals surface area contributed by atoms with E-state index in [4.69, 9.17) is 9.47 Å². The van der Waals surface area contributed by atoms with Gasteiger partial charge in [0, 0.05) is 36.3 Å². The number of hydrogen-bond acceptors (Lipinski definition) is 8. The second-order valence-electron chi connectivity index (χ2n) is 7.99. The first-order valence-corrected chi connectivity index (χ1v) is 10.9. The zero-order valence-corrected chi connectivity index (χ0v) is 19.4. The number of carbonyl (C=O) groups is 4. The predicted octanol–water partition coefficient (Wildman–Crippen LogP) is 3.70. The van der Waals surface area contributed by atoms with Crippen LogP contribution >= 0.6 is 0 Å². The van der Waals surface area contributed by atoms with E-state index in [0.717, 1.165) is 0 Å². The quantitative estimate of drug-likeness (QED) is 0.262. The fraction of sp³-hybridized carbons (Fsp3) is 0.333. The van der Waals surface area contributed by atoms with Crippen molar-refractivity contribution in [3.63, 3.8) is 0 Å². The van der Waals surface area contributed by atoms with E-state index in [1.807, 2.05) is 13.8 Å². The van der Waals surface area contributed by atoms with E-state index in [9.17, 15) is 29.3 Å². The molecule has 0 spiro atoms. The third-order valence-electron chi connectivity index (χ3n) is 4.44. The van der Waals surface area contributed by atoms with Crippen LogP contribution in [0.25, 0.3) is 0 Å². The van der Waals surface area contributed by atoms with E-state index in [0.29, 0.717) is 17.9 Å². The number of ether oxygens (including phenoxy) is 2. The summed E-state index contributed by atoms with van der Waals surface area (Å²) in [5, 5.41) is 15.8. The molecule has 0 atom stereocenters. The second-order valence-corrected chi connectivity index (χ2v) is 7.99. The first kappa shape index (κ1) is 27.0. The van der Waals surface area contributed by atoms with Gasteiger partial charge in [-0.05, 0) is 42.7 Å². The van der Waals surface area contributed by atoms with Crippen LogP contribution in [-0.2, 0) is 23.9 Å². The first-order chi connectivity index (χ1) is 16.6. The van der Waals surface area contributed by atoms with Crippen molar-refractivity contribution in [2.75, 3.05) is 23.8 Å². The average Bonchev–Trinajstić information content (AvgIpc) is 2.81. The zero-order chi connectivity index (χ0) is 25.8. The maximum Gasteiger partial charge on any atom is 0.338 e. The van der Waals surface area contributed by atoms with Gasteiger partial charge in [0.2, 0.25) is 5.91 Å².